The number of pyridine rings is 1. The van der Waals surface area contributed by atoms with Crippen LogP contribution in [0.4, 0.5) is 5.82 Å². The van der Waals surface area contributed by atoms with Crippen LogP contribution >= 0.6 is 0 Å². The molecule has 4 unspecified atom stereocenters. The average Bonchev–Trinajstić information content (AvgIpc) is 2.85. The summed E-state index contributed by atoms with van der Waals surface area (Å²) in [5.74, 6) is 0.134. The predicted octanol–water partition coefficient (Wildman–Crippen LogP) is 6.15. The Kier molecular flexibility index (Phi) is 11.2. The maximum Gasteiger partial charge on any atom is 0.306 e. The summed E-state index contributed by atoms with van der Waals surface area (Å²) in [5, 5.41) is 20.6. The van der Waals surface area contributed by atoms with Crippen molar-refractivity contribution in [2.45, 2.75) is 106 Å². The number of H-pyrrole nitrogens is 1. The number of carbonyl (C=O) groups is 2. The van der Waals surface area contributed by atoms with E-state index in [4.69, 9.17) is 24.7 Å². The van der Waals surface area contributed by atoms with Gasteiger partial charge in [-0.15, -0.1) is 0 Å². The number of aryl methyl sites for hydroxylation is 1. The molecule has 1 aromatic rings. The molecule has 242 valence electrons. The van der Waals surface area contributed by atoms with Crippen LogP contribution in [0.2, 0.25) is 0 Å². The van der Waals surface area contributed by atoms with Crippen LogP contribution in [0.15, 0.2) is 10.9 Å². The molecule has 0 bridgehead atoms. The first-order chi connectivity index (χ1) is 20.5. The number of nitrogens with one attached hydrogen (secondary N) is 2. The van der Waals surface area contributed by atoms with Crippen molar-refractivity contribution in [3.8, 4) is 12.5 Å². The van der Waals surface area contributed by atoms with E-state index in [2.05, 4.69) is 51.8 Å². The van der Waals surface area contributed by atoms with Gasteiger partial charge in [-0.2, -0.15) is 10.5 Å². The molecule has 1 amide bonds. The number of hydrogen-bond acceptors (Lipinski definition) is 8. The van der Waals surface area contributed by atoms with Crippen LogP contribution in [0.5, 0.6) is 0 Å². The highest BCUT2D eigenvalue weighted by Crippen LogP contribution is 2.50. The lowest BCUT2D eigenvalue weighted by molar-refractivity contribution is -0.146. The monoisotopic (exact) mass is 610 g/mol. The van der Waals surface area contributed by atoms with E-state index in [0.29, 0.717) is 36.7 Å². The highest BCUT2D eigenvalue weighted by atomic mass is 16.5. The first-order valence-electron chi connectivity index (χ1n) is 15.7. The molecule has 10 heteroatoms. The van der Waals surface area contributed by atoms with Crippen molar-refractivity contribution in [2.24, 2.45) is 33.5 Å². The molecule has 2 aliphatic carbocycles. The SMILES string of the molecule is Cc1[nH]c(NC(=O)CC2CC(C)(C)CC(C)(COC#N)C2)cc(=O)c1CCOC(=O)CC1CC(C)(C)CC(C)(COC#N)C1. The molecule has 44 heavy (non-hydrogen) atoms. The zero-order valence-electron chi connectivity index (χ0n) is 27.6. The van der Waals surface area contributed by atoms with E-state index in [1.54, 1.807) is 19.4 Å². The van der Waals surface area contributed by atoms with Gasteiger partial charge in [-0.05, 0) is 68.1 Å². The molecule has 4 atom stereocenters. The van der Waals surface area contributed by atoms with E-state index in [1.807, 2.05) is 0 Å². The van der Waals surface area contributed by atoms with Gasteiger partial charge in [0.1, 0.15) is 19.0 Å². The third-order valence-corrected chi connectivity index (χ3v) is 9.19. The van der Waals surface area contributed by atoms with E-state index >= 15 is 0 Å². The van der Waals surface area contributed by atoms with Crippen molar-refractivity contribution in [3.05, 3.63) is 27.5 Å². The van der Waals surface area contributed by atoms with Gasteiger partial charge in [0.15, 0.2) is 5.43 Å². The van der Waals surface area contributed by atoms with Crippen molar-refractivity contribution in [1.29, 1.82) is 10.5 Å². The normalized spacial score (nSPS) is 27.3. The molecule has 1 heterocycles. The van der Waals surface area contributed by atoms with Crippen LogP contribution in [0.3, 0.4) is 0 Å². The standard InChI is InChI=1S/C34H50N4O6/c1-23-26(8-9-44-30(41)11-25-14-32(4,5)18-34(7,16-25)20-43-22-36)27(39)12-28(37-23)38-29(40)10-24-13-31(2,3)17-33(6,15-24)19-42-21-35/h12,24-25H,8-11,13-20H2,1-7H3,(H2,37,38,39,40). The summed E-state index contributed by atoms with van der Waals surface area (Å²) in [6, 6.07) is 1.38. The molecule has 2 aliphatic rings. The highest BCUT2D eigenvalue weighted by Gasteiger charge is 2.43. The Morgan fingerprint density at radius 2 is 1.43 bits per heavy atom. The summed E-state index contributed by atoms with van der Waals surface area (Å²) in [6.45, 7) is 15.5. The summed E-state index contributed by atoms with van der Waals surface area (Å²) in [5.41, 5.74) is 0.592. The fraction of sp³-hybridized carbons (Fsp3) is 0.735. The van der Waals surface area contributed by atoms with Crippen LogP contribution in [0.1, 0.15) is 104 Å². The predicted molar refractivity (Wildman–Crippen MR) is 166 cm³/mol. The van der Waals surface area contributed by atoms with E-state index in [9.17, 15) is 14.4 Å². The van der Waals surface area contributed by atoms with Crippen LogP contribution < -0.4 is 10.7 Å². The van der Waals surface area contributed by atoms with Crippen molar-refractivity contribution in [3.63, 3.8) is 0 Å². The van der Waals surface area contributed by atoms with Crippen molar-refractivity contribution in [2.75, 3.05) is 25.1 Å². The maximum atomic E-state index is 13.0. The number of anilines is 1. The molecule has 0 spiro atoms. The molecular weight excluding hydrogens is 560 g/mol. The summed E-state index contributed by atoms with van der Waals surface area (Å²) < 4.78 is 15.7. The van der Waals surface area contributed by atoms with Gasteiger partial charge in [0.05, 0.1) is 6.61 Å². The van der Waals surface area contributed by atoms with E-state index in [1.165, 1.54) is 6.07 Å². The number of nitrogens with zero attached hydrogens (tertiary/aromatic N) is 2. The van der Waals surface area contributed by atoms with Crippen molar-refractivity contribution in [1.82, 2.24) is 4.98 Å². The molecule has 10 nitrogen and oxygen atoms in total. The van der Waals surface area contributed by atoms with Crippen molar-refractivity contribution >= 4 is 17.7 Å². The van der Waals surface area contributed by atoms with E-state index in [-0.39, 0.29) is 70.2 Å². The average molecular weight is 611 g/mol. The second-order valence-corrected chi connectivity index (χ2v) is 15.7. The molecule has 2 N–H and O–H groups in total. The highest BCUT2D eigenvalue weighted by molar-refractivity contribution is 5.89. The minimum absolute atomic E-state index is 0.0212. The molecule has 1 aromatic heterocycles. The molecule has 0 aromatic carbocycles. The van der Waals surface area contributed by atoms with E-state index in [0.717, 1.165) is 38.5 Å². The fourth-order valence-corrected chi connectivity index (χ4v) is 8.74. The minimum Gasteiger partial charge on any atom is -0.465 e. The van der Waals surface area contributed by atoms with Gasteiger partial charge in [-0.3, -0.25) is 14.4 Å². The second-order valence-electron chi connectivity index (χ2n) is 15.7. The lowest BCUT2D eigenvalue weighted by atomic mass is 9.60. The number of rotatable bonds is 12. The van der Waals surface area contributed by atoms with Gasteiger partial charge in [-0.1, -0.05) is 41.5 Å². The van der Waals surface area contributed by atoms with E-state index < -0.39 is 0 Å². The third kappa shape index (κ3) is 10.3. The Hall–Kier alpha value is -3.53. The Morgan fingerprint density at radius 1 is 0.909 bits per heavy atom. The zero-order valence-corrected chi connectivity index (χ0v) is 27.6. The van der Waals surface area contributed by atoms with Gasteiger partial charge in [0, 0.05) is 47.4 Å². The largest absolute Gasteiger partial charge is 0.465 e. The number of aromatic nitrogens is 1. The van der Waals surface area contributed by atoms with Crippen LogP contribution in [0, 0.1) is 63.5 Å². The Bertz CT molecular complexity index is 1340. The molecule has 0 radical (unpaired) electrons. The smallest absolute Gasteiger partial charge is 0.306 e. The lowest BCUT2D eigenvalue weighted by Crippen LogP contribution is -2.39. The van der Waals surface area contributed by atoms with Gasteiger partial charge in [-0.25, -0.2) is 0 Å². The maximum absolute atomic E-state index is 13.0. The zero-order chi connectivity index (χ0) is 32.8. The number of ether oxygens (including phenoxy) is 3. The molecule has 2 saturated carbocycles. The fourth-order valence-electron chi connectivity index (χ4n) is 8.74. The van der Waals surface area contributed by atoms with Crippen molar-refractivity contribution < 1.29 is 23.8 Å². The Labute approximate surface area is 261 Å². The van der Waals surface area contributed by atoms with Gasteiger partial charge >= 0.3 is 5.97 Å². The first kappa shape index (κ1) is 35.0. The number of amides is 1. The van der Waals surface area contributed by atoms with Gasteiger partial charge in [0.25, 0.3) is 12.5 Å². The molecule has 0 saturated heterocycles. The number of esters is 1. The molecular formula is C34H50N4O6. The quantitative estimate of drug-likeness (QED) is 0.211. The minimum atomic E-state index is -0.296. The summed E-state index contributed by atoms with van der Waals surface area (Å²) in [7, 11) is 0. The number of nitriles is 2. The first-order valence-corrected chi connectivity index (χ1v) is 15.7. The third-order valence-electron chi connectivity index (χ3n) is 9.19. The topological polar surface area (TPSA) is 154 Å². The molecule has 0 aliphatic heterocycles. The van der Waals surface area contributed by atoms with Gasteiger partial charge in [0.2, 0.25) is 5.91 Å². The lowest BCUT2D eigenvalue weighted by Gasteiger charge is -2.45. The summed E-state index contributed by atoms with van der Waals surface area (Å²) in [4.78, 5) is 41.7. The molecule has 2 fully saturated rings. The Balaban J connectivity index is 1.52. The van der Waals surface area contributed by atoms with Gasteiger partial charge < -0.3 is 24.5 Å². The summed E-state index contributed by atoms with van der Waals surface area (Å²) >= 11 is 0. The van der Waals surface area contributed by atoms with Crippen LogP contribution in [-0.4, -0.2) is 36.7 Å². The molecule has 3 rings (SSSR count). The van der Waals surface area contributed by atoms with Crippen LogP contribution in [0.25, 0.3) is 0 Å². The number of hydrogen-bond donors (Lipinski definition) is 2. The van der Waals surface area contributed by atoms with Crippen LogP contribution in [-0.2, 0) is 30.2 Å². The second kappa shape index (κ2) is 14.1. The Morgan fingerprint density at radius 3 is 1.93 bits per heavy atom. The summed E-state index contributed by atoms with van der Waals surface area (Å²) in [6.07, 6.45) is 9.59. The number of carbonyl (C=O) groups excluding carboxylic acids is 2. The number of aromatic amines is 1.